The van der Waals surface area contributed by atoms with Gasteiger partial charge in [0.15, 0.2) is 5.72 Å². The molecule has 168 valence electrons. The zero-order valence-corrected chi connectivity index (χ0v) is 20.0. The van der Waals surface area contributed by atoms with Crippen LogP contribution in [0.25, 0.3) is 11.1 Å². The molecule has 1 heterocycles. The number of hydrogen-bond donors (Lipinski definition) is 1. The van der Waals surface area contributed by atoms with Crippen molar-refractivity contribution >= 4 is 17.4 Å². The van der Waals surface area contributed by atoms with E-state index in [2.05, 4.69) is 55.5 Å². The molecule has 0 radical (unpaired) electrons. The first-order valence-electron chi connectivity index (χ1n) is 11.9. The number of nitrogens with two attached hydrogens (primary N) is 1. The Morgan fingerprint density at radius 2 is 1.67 bits per heavy atom. The minimum absolute atomic E-state index is 0.105. The van der Waals surface area contributed by atoms with Crippen LogP contribution in [0.4, 0.5) is 0 Å². The number of rotatable bonds is 1. The predicted octanol–water partition coefficient (Wildman–Crippen LogP) is 6.37. The van der Waals surface area contributed by atoms with Gasteiger partial charge in [-0.1, -0.05) is 54.1 Å². The molecule has 0 saturated heterocycles. The van der Waals surface area contributed by atoms with Crippen molar-refractivity contribution in [2.24, 2.45) is 16.1 Å². The van der Waals surface area contributed by atoms with E-state index in [1.807, 2.05) is 19.1 Å². The third kappa shape index (κ3) is 3.17. The number of ether oxygens (including phenoxy) is 1. The van der Waals surface area contributed by atoms with Crippen LogP contribution < -0.4 is 5.73 Å². The summed E-state index contributed by atoms with van der Waals surface area (Å²) in [6.45, 7) is 4.10. The lowest BCUT2D eigenvalue weighted by atomic mass is 9.71. The lowest BCUT2D eigenvalue weighted by molar-refractivity contribution is -0.130. The zero-order valence-electron chi connectivity index (χ0n) is 19.2. The van der Waals surface area contributed by atoms with Gasteiger partial charge >= 0.3 is 0 Å². The minimum atomic E-state index is -0.725. The fourth-order valence-electron chi connectivity index (χ4n) is 6.32. The van der Waals surface area contributed by atoms with Crippen molar-refractivity contribution in [1.82, 2.24) is 0 Å². The Morgan fingerprint density at radius 1 is 0.939 bits per heavy atom. The van der Waals surface area contributed by atoms with Crippen molar-refractivity contribution in [3.8, 4) is 11.1 Å². The van der Waals surface area contributed by atoms with E-state index in [0.29, 0.717) is 5.84 Å². The molecule has 2 unspecified atom stereocenters. The molecule has 6 rings (SSSR count). The average Bonchev–Trinajstić information content (AvgIpc) is 3.14. The zero-order chi connectivity index (χ0) is 22.8. The van der Waals surface area contributed by atoms with Crippen LogP contribution >= 0.6 is 11.6 Å². The highest BCUT2D eigenvalue weighted by molar-refractivity contribution is 6.31. The summed E-state index contributed by atoms with van der Waals surface area (Å²) in [7, 11) is 0. The van der Waals surface area contributed by atoms with Crippen LogP contribution in [0.15, 0.2) is 65.7 Å². The average molecular weight is 457 g/mol. The Labute approximate surface area is 200 Å². The van der Waals surface area contributed by atoms with Gasteiger partial charge in [0.2, 0.25) is 0 Å². The third-order valence-corrected chi connectivity index (χ3v) is 8.23. The molecule has 0 amide bonds. The second-order valence-corrected chi connectivity index (χ2v) is 10.5. The number of benzene rings is 3. The Hall–Kier alpha value is -2.62. The number of nitrogens with zero attached hydrogens (tertiary/aromatic N) is 1. The Kier molecular flexibility index (Phi) is 4.73. The Morgan fingerprint density at radius 3 is 2.30 bits per heavy atom. The van der Waals surface area contributed by atoms with Crippen LogP contribution in [0.3, 0.4) is 0 Å². The Bertz CT molecular complexity index is 1250. The summed E-state index contributed by atoms with van der Waals surface area (Å²) in [5, 5.41) is 0.756. The van der Waals surface area contributed by atoms with Gasteiger partial charge in [-0.25, -0.2) is 4.99 Å². The van der Waals surface area contributed by atoms with Crippen molar-refractivity contribution in [3.63, 3.8) is 0 Å². The second kappa shape index (κ2) is 7.44. The molecule has 33 heavy (non-hydrogen) atoms. The van der Waals surface area contributed by atoms with E-state index < -0.39 is 5.72 Å². The van der Waals surface area contributed by atoms with Crippen LogP contribution in [0, 0.1) is 12.3 Å². The number of hydrogen-bond acceptors (Lipinski definition) is 3. The van der Waals surface area contributed by atoms with Crippen molar-refractivity contribution < 1.29 is 4.74 Å². The molecule has 1 aliphatic heterocycles. The first-order chi connectivity index (χ1) is 15.9. The minimum Gasteiger partial charge on any atom is -0.385 e. The maximum absolute atomic E-state index is 6.78. The first-order valence-corrected chi connectivity index (χ1v) is 12.3. The van der Waals surface area contributed by atoms with Gasteiger partial charge in [0.25, 0.3) is 0 Å². The lowest BCUT2D eigenvalue weighted by Gasteiger charge is -2.41. The number of amidine groups is 1. The molecule has 0 aromatic heterocycles. The van der Waals surface area contributed by atoms with E-state index in [0.717, 1.165) is 53.8 Å². The summed E-state index contributed by atoms with van der Waals surface area (Å²) < 4.78 is 6.78. The molecule has 0 fully saturated rings. The van der Waals surface area contributed by atoms with Gasteiger partial charge in [0.05, 0.1) is 0 Å². The third-order valence-electron chi connectivity index (χ3n) is 8.01. The SMILES string of the molecule is Cc1cc(Cl)cc(-c2ccc3c(c2)C2(N=C(N)C(C)O2)C2(CCc4ccccc4CC2)C3)c1. The molecular formula is C29H29ClN2O. The molecule has 4 heteroatoms. The summed E-state index contributed by atoms with van der Waals surface area (Å²) >= 11 is 6.39. The molecule has 2 spiro atoms. The molecule has 2 atom stereocenters. The van der Waals surface area contributed by atoms with Gasteiger partial charge in [0, 0.05) is 16.0 Å². The van der Waals surface area contributed by atoms with Gasteiger partial charge in [-0.2, -0.15) is 0 Å². The molecule has 3 aromatic rings. The monoisotopic (exact) mass is 456 g/mol. The van der Waals surface area contributed by atoms with Crippen LogP contribution in [0.1, 0.15) is 47.6 Å². The van der Waals surface area contributed by atoms with Gasteiger partial charge in [-0.15, -0.1) is 0 Å². The van der Waals surface area contributed by atoms with Gasteiger partial charge in [-0.05, 0) is 97.5 Å². The number of fused-ring (bicyclic) bond motifs is 4. The predicted molar refractivity (Wildman–Crippen MR) is 135 cm³/mol. The maximum atomic E-state index is 6.78. The Balaban J connectivity index is 1.49. The molecule has 2 aliphatic carbocycles. The summed E-state index contributed by atoms with van der Waals surface area (Å²) in [5.74, 6) is 0.605. The van der Waals surface area contributed by atoms with Crippen LogP contribution in [0.5, 0.6) is 0 Å². The molecule has 0 saturated carbocycles. The van der Waals surface area contributed by atoms with Crippen LogP contribution in [-0.4, -0.2) is 11.9 Å². The topological polar surface area (TPSA) is 47.6 Å². The summed E-state index contributed by atoms with van der Waals surface area (Å²) in [4.78, 5) is 5.14. The fourth-order valence-corrected chi connectivity index (χ4v) is 6.60. The highest BCUT2D eigenvalue weighted by atomic mass is 35.5. The van der Waals surface area contributed by atoms with Gasteiger partial charge < -0.3 is 10.5 Å². The highest BCUT2D eigenvalue weighted by Crippen LogP contribution is 2.61. The van der Waals surface area contributed by atoms with Gasteiger partial charge in [-0.3, -0.25) is 0 Å². The van der Waals surface area contributed by atoms with E-state index in [4.69, 9.17) is 27.1 Å². The van der Waals surface area contributed by atoms with E-state index in [1.165, 1.54) is 22.3 Å². The molecule has 3 nitrogen and oxygen atoms in total. The number of halogens is 1. The lowest BCUT2D eigenvalue weighted by Crippen LogP contribution is -2.43. The molecule has 3 aliphatic rings. The summed E-state index contributed by atoms with van der Waals surface area (Å²) in [6, 6.07) is 21.8. The van der Waals surface area contributed by atoms with E-state index in [-0.39, 0.29) is 11.5 Å². The van der Waals surface area contributed by atoms with E-state index >= 15 is 0 Å². The van der Waals surface area contributed by atoms with Crippen molar-refractivity contribution in [2.75, 3.05) is 0 Å². The van der Waals surface area contributed by atoms with Gasteiger partial charge in [0.1, 0.15) is 11.9 Å². The van der Waals surface area contributed by atoms with Crippen LogP contribution in [0.2, 0.25) is 5.02 Å². The number of aliphatic imine (C=N–C) groups is 1. The smallest absolute Gasteiger partial charge is 0.193 e. The summed E-state index contributed by atoms with van der Waals surface area (Å²) in [5.41, 5.74) is 14.4. The van der Waals surface area contributed by atoms with E-state index in [9.17, 15) is 0 Å². The van der Waals surface area contributed by atoms with Crippen LogP contribution in [-0.2, 0) is 29.7 Å². The second-order valence-electron chi connectivity index (χ2n) is 10.1. The fraction of sp³-hybridized carbons (Fsp3) is 0.345. The quantitative estimate of drug-likeness (QED) is 0.462. The highest BCUT2D eigenvalue weighted by Gasteiger charge is 2.62. The standard InChI is InChI=1S/C29H29ClN2O/c1-18-13-24(15-25(30)14-18)22-7-8-23-17-28(11-9-20-5-3-4-6-21(20)10-12-28)29(26(23)16-22)32-27(31)19(2)33-29/h3-8,13-16,19H,9-12,17H2,1-2H3,(H2,31,32). The molecule has 2 N–H and O–H groups in total. The number of aryl methyl sites for hydroxylation is 3. The molecule has 3 aromatic carbocycles. The first kappa shape index (κ1) is 20.9. The normalized spacial score (nSPS) is 25.1. The van der Waals surface area contributed by atoms with Crippen molar-refractivity contribution in [3.05, 3.63) is 93.5 Å². The van der Waals surface area contributed by atoms with E-state index in [1.54, 1.807) is 0 Å². The largest absolute Gasteiger partial charge is 0.385 e. The molecular weight excluding hydrogens is 428 g/mol. The molecule has 0 bridgehead atoms. The maximum Gasteiger partial charge on any atom is 0.193 e. The van der Waals surface area contributed by atoms with Crippen molar-refractivity contribution in [1.29, 1.82) is 0 Å². The summed E-state index contributed by atoms with van der Waals surface area (Å²) in [6.07, 6.45) is 4.94. The van der Waals surface area contributed by atoms with Crippen molar-refractivity contribution in [2.45, 2.75) is 57.8 Å².